The van der Waals surface area contributed by atoms with E-state index in [0.29, 0.717) is 0 Å². The van der Waals surface area contributed by atoms with Gasteiger partial charge in [0.1, 0.15) is 0 Å². The van der Waals surface area contributed by atoms with Gasteiger partial charge in [0.2, 0.25) is 59.1 Å². The zero-order chi connectivity index (χ0) is 36.3. The predicted octanol–water partition coefficient (Wildman–Crippen LogP) is -4.57. The first kappa shape index (κ1) is 37.6. The Balaban J connectivity index is 9.17. The van der Waals surface area contributed by atoms with Gasteiger partial charge >= 0.3 is 30.1 Å². The molecule has 0 aliphatic rings. The van der Waals surface area contributed by atoms with E-state index in [0.717, 1.165) is 0 Å². The second kappa shape index (κ2) is 11.9. The molecule has 0 aromatic carbocycles. The minimum atomic E-state index is -7.08. The molecule has 0 amide bonds. The first-order chi connectivity index (χ1) is 20.1. The number of hydrogen-bond donors (Lipinski definition) is 0. The van der Waals surface area contributed by atoms with Crippen LogP contribution in [0.3, 0.4) is 0 Å². The normalized spacial score (nSPS) is 12.3. The van der Waals surface area contributed by atoms with Crippen molar-refractivity contribution in [2.24, 2.45) is 0 Å². The van der Waals surface area contributed by atoms with Crippen molar-refractivity contribution < 1.29 is 78.0 Å². The maximum Gasteiger partial charge on any atom is 0.851 e. The number of rotatable bonds is 20. The maximum atomic E-state index is 11.3. The monoisotopic (exact) mass is 676 g/mol. The summed E-state index contributed by atoms with van der Waals surface area (Å²) in [7, 11) is 0. The van der Waals surface area contributed by atoms with Crippen LogP contribution in [0.4, 0.5) is 0 Å². The molecule has 0 N–H and O–H groups in total. The summed E-state index contributed by atoms with van der Waals surface area (Å²) in [4.78, 5) is 97.2. The Kier molecular flexibility index (Phi) is 9.92. The fourth-order valence-corrected chi connectivity index (χ4v) is 2.04. The summed E-state index contributed by atoms with van der Waals surface area (Å²) in [6.45, 7) is 0. The van der Waals surface area contributed by atoms with E-state index < -0.39 is 89.1 Å². The summed E-state index contributed by atoms with van der Waals surface area (Å²) in [6, 6.07) is 0. The first-order valence-corrected chi connectivity index (χ1v) is 8.70. The average molecular weight is 676 g/mol. The quantitative estimate of drug-likeness (QED) is 0.0665. The summed E-state index contributed by atoms with van der Waals surface area (Å²) >= 11 is 0. The molecule has 0 aliphatic carbocycles. The van der Waals surface area contributed by atoms with Crippen molar-refractivity contribution >= 4 is 0 Å². The van der Waals surface area contributed by atoms with Crippen LogP contribution in [0.25, 0.3) is 0 Å². The van der Waals surface area contributed by atoms with Crippen LogP contribution in [0, 0.1) is 121 Å². The molecule has 0 aromatic heterocycles. The summed E-state index contributed by atoms with van der Waals surface area (Å²) in [5.41, 5.74) is 0. The van der Waals surface area contributed by atoms with Crippen LogP contribution in [0.2, 0.25) is 0 Å². The van der Waals surface area contributed by atoms with E-state index in [2.05, 4.69) is 18.9 Å². The summed E-state index contributed by atoms with van der Waals surface area (Å²) in [5.74, 6) is -25.7. The Labute approximate surface area is 230 Å². The first-order valence-electron chi connectivity index (χ1n) is 8.70. The fraction of sp³-hybridized carbons (Fsp3) is 1.00. The summed E-state index contributed by atoms with van der Waals surface area (Å²) in [5, 5.41) is 136. The smallest absolute Gasteiger partial charge is 0.250 e. The van der Waals surface area contributed by atoms with Crippen molar-refractivity contribution in [1.82, 2.24) is 0 Å². The van der Waals surface area contributed by atoms with Gasteiger partial charge < -0.3 is 0 Å². The van der Waals surface area contributed by atoms with Gasteiger partial charge in [0.05, 0.1) is 0 Å². The van der Waals surface area contributed by atoms with Crippen molar-refractivity contribution in [3.63, 3.8) is 0 Å². The molecule has 45 heavy (non-hydrogen) atoms. The molecule has 0 spiro atoms. The van der Waals surface area contributed by atoms with Crippen molar-refractivity contribution in [2.45, 2.75) is 30.1 Å². The molecule has 0 saturated carbocycles. The molecule has 0 rings (SSSR count). The SMILES string of the molecule is O=[N+]([O-])C(OC(OC([N+](=O)[O-])([N+](=O)[O-])[N+](=O)[O-])(OC([N+](=O)[O-])([N+](=O)[O-])[N+](=O)[O-])OC([N+](=O)[O-])([N+](=O)[O-])[N+](=O)[O-])([N+](=O)[O-])[N+](=O)[O-]. The molecule has 0 radical (unpaired) electrons. The van der Waals surface area contributed by atoms with Gasteiger partial charge in [-0.1, -0.05) is 18.9 Å². The van der Waals surface area contributed by atoms with Gasteiger partial charge in [0.25, 0.3) is 0 Å². The van der Waals surface area contributed by atoms with Gasteiger partial charge in [0.15, 0.2) is 0 Å². The van der Waals surface area contributed by atoms with Crippen LogP contribution in [0.1, 0.15) is 0 Å². The Morgan fingerprint density at radius 2 is 0.333 bits per heavy atom. The molecule has 0 fully saturated rings. The molecule has 248 valence electrons. The van der Waals surface area contributed by atoms with E-state index in [1.165, 1.54) is 0 Å². The zero-order valence-electron chi connectivity index (χ0n) is 19.3. The average Bonchev–Trinajstić information content (AvgIpc) is 2.84. The molecule has 0 bridgehead atoms. The van der Waals surface area contributed by atoms with Crippen LogP contribution in [0.5, 0.6) is 0 Å². The second-order valence-corrected chi connectivity index (χ2v) is 6.29. The Bertz CT molecular complexity index is 1070. The fourth-order valence-electron chi connectivity index (χ4n) is 2.04. The lowest BCUT2D eigenvalue weighted by atomic mass is 10.6. The van der Waals surface area contributed by atoms with Gasteiger partial charge in [-0.25, -0.2) is 0 Å². The number of ether oxygens (including phenoxy) is 4. The lowest BCUT2D eigenvalue weighted by Crippen LogP contribution is -2.74. The van der Waals surface area contributed by atoms with E-state index in [1.54, 1.807) is 0 Å². The minimum Gasteiger partial charge on any atom is -0.250 e. The van der Waals surface area contributed by atoms with Crippen LogP contribution in [-0.4, -0.2) is 89.1 Å². The van der Waals surface area contributed by atoms with E-state index in [9.17, 15) is 121 Å². The van der Waals surface area contributed by atoms with Gasteiger partial charge in [-0.3, -0.25) is 121 Å². The predicted molar refractivity (Wildman–Crippen MR) is 102 cm³/mol. The highest BCUT2D eigenvalue weighted by molar-refractivity contribution is 4.56. The van der Waals surface area contributed by atoms with Gasteiger partial charge in [-0.05, 0) is 0 Å². The number of hydrogen-bond acceptors (Lipinski definition) is 28. The van der Waals surface area contributed by atoms with Crippen LogP contribution in [0.15, 0.2) is 0 Å². The Morgan fingerprint density at radius 1 is 0.244 bits per heavy atom. The highest BCUT2D eigenvalue weighted by Crippen LogP contribution is 2.39. The van der Waals surface area contributed by atoms with E-state index in [1.807, 2.05) is 0 Å². The molecule has 0 heterocycles. The minimum absolute atomic E-state index is 3.02. The van der Waals surface area contributed by atoms with Crippen molar-refractivity contribution in [3.05, 3.63) is 121 Å². The largest absolute Gasteiger partial charge is 0.851 e. The maximum absolute atomic E-state index is 11.3. The number of nitro groups is 12. The third-order valence-electron chi connectivity index (χ3n) is 3.90. The van der Waals surface area contributed by atoms with Crippen LogP contribution >= 0.6 is 0 Å². The van der Waals surface area contributed by atoms with E-state index in [-0.39, 0.29) is 0 Å². The summed E-state index contributed by atoms with van der Waals surface area (Å²) in [6.07, 6.45) is -7.08. The third kappa shape index (κ3) is 5.60. The van der Waals surface area contributed by atoms with Gasteiger partial charge in [0, 0.05) is 0 Å². The van der Waals surface area contributed by atoms with E-state index in [4.69, 9.17) is 0 Å². The Hall–Kier alpha value is -7.36. The molecule has 0 atom stereocenters. The van der Waals surface area contributed by atoms with Gasteiger partial charge in [-0.2, -0.15) is 0 Å². The second-order valence-electron chi connectivity index (χ2n) is 6.29. The molecule has 40 nitrogen and oxygen atoms in total. The highest BCUT2D eigenvalue weighted by Gasteiger charge is 2.94. The lowest BCUT2D eigenvalue weighted by Gasteiger charge is -2.27. The molecule has 0 aromatic rings. The Morgan fingerprint density at radius 3 is 0.400 bits per heavy atom. The lowest BCUT2D eigenvalue weighted by molar-refractivity contribution is -1.09. The van der Waals surface area contributed by atoms with Gasteiger partial charge in [-0.15, -0.1) is 0 Å². The van der Waals surface area contributed by atoms with Crippen LogP contribution in [-0.2, 0) is 18.9 Å². The van der Waals surface area contributed by atoms with Crippen molar-refractivity contribution in [1.29, 1.82) is 0 Å². The number of nitrogens with zero attached hydrogens (tertiary/aromatic N) is 12. The van der Waals surface area contributed by atoms with E-state index >= 15 is 0 Å². The highest BCUT2D eigenvalue weighted by atomic mass is 17.1. The zero-order valence-corrected chi connectivity index (χ0v) is 19.3. The molecule has 0 saturated heterocycles. The molecule has 0 aliphatic heterocycles. The van der Waals surface area contributed by atoms with Crippen molar-refractivity contribution in [3.8, 4) is 0 Å². The molecule has 0 unspecified atom stereocenters. The molecular formula is C5N12O28. The summed E-state index contributed by atoms with van der Waals surface area (Å²) < 4.78 is 12.1. The third-order valence-corrected chi connectivity index (χ3v) is 3.90. The molecule has 40 heteroatoms. The molecular weight excluding hydrogens is 676 g/mol. The van der Waals surface area contributed by atoms with Crippen molar-refractivity contribution in [2.75, 3.05) is 0 Å². The standard InChI is InChI=1S/C5N12O28/c18-6(19)1(7(20)21,8(22)23)42-5(43-2(9(24)25,10(26)27)11(28)29,44-3(12(30)31,13(32)33)14(34)35)45-4(15(36)37,16(38)39)17(40)41. The topological polar surface area (TPSA) is 555 Å². The van der Waals surface area contributed by atoms with Crippen LogP contribution < -0.4 is 0 Å².